The summed E-state index contributed by atoms with van der Waals surface area (Å²) in [7, 11) is 0. The summed E-state index contributed by atoms with van der Waals surface area (Å²) < 4.78 is 1.83. The average molecular weight is 258 g/mol. The molecule has 1 aromatic carbocycles. The monoisotopic (exact) mass is 258 g/mol. The van der Waals surface area contributed by atoms with Crippen molar-refractivity contribution in [1.29, 1.82) is 0 Å². The maximum atomic E-state index is 10.9. The second kappa shape index (κ2) is 4.46. The summed E-state index contributed by atoms with van der Waals surface area (Å²) >= 11 is 0. The number of nitrogens with zero attached hydrogens (tertiary/aromatic N) is 4. The maximum Gasteiger partial charge on any atom is 0.270 e. The van der Waals surface area contributed by atoms with Crippen LogP contribution >= 0.6 is 0 Å². The smallest absolute Gasteiger partial charge is 0.258 e. The predicted molar refractivity (Wildman–Crippen MR) is 69.8 cm³/mol. The molecule has 0 radical (unpaired) electrons. The quantitative estimate of drug-likeness (QED) is 0.532. The molecule has 2 aromatic rings. The Morgan fingerprint density at radius 2 is 2.32 bits per heavy atom. The summed E-state index contributed by atoms with van der Waals surface area (Å²) in [6, 6.07) is 4.99. The largest absolute Gasteiger partial charge is 0.270 e. The van der Waals surface area contributed by atoms with Crippen LogP contribution in [0.3, 0.4) is 0 Å². The lowest BCUT2D eigenvalue weighted by Gasteiger charge is -2.01. The average Bonchev–Trinajstić information content (AvgIpc) is 2.94. The molecule has 0 spiro atoms. The molecule has 0 amide bonds. The molecular weight excluding hydrogens is 244 g/mol. The van der Waals surface area contributed by atoms with Crippen molar-refractivity contribution in [3.8, 4) is 11.3 Å². The Morgan fingerprint density at radius 1 is 1.47 bits per heavy atom. The van der Waals surface area contributed by atoms with Gasteiger partial charge in [0.15, 0.2) is 0 Å². The number of rotatable bonds is 4. The molecule has 0 saturated heterocycles. The molecule has 0 N–H and O–H groups in total. The minimum Gasteiger partial charge on any atom is -0.258 e. The van der Waals surface area contributed by atoms with Gasteiger partial charge in [-0.2, -0.15) is 0 Å². The van der Waals surface area contributed by atoms with Crippen LogP contribution in [0.15, 0.2) is 18.2 Å². The normalized spacial score (nSPS) is 12.3. The third-order valence-corrected chi connectivity index (χ3v) is 3.45. The molecular formula is C13H14N4O2. The molecule has 0 aliphatic carbocycles. The van der Waals surface area contributed by atoms with Crippen molar-refractivity contribution in [1.82, 2.24) is 15.0 Å². The Bertz CT molecular complexity index is 648. The van der Waals surface area contributed by atoms with Gasteiger partial charge in [-0.25, -0.2) is 4.68 Å². The Labute approximate surface area is 110 Å². The van der Waals surface area contributed by atoms with E-state index in [1.165, 1.54) is 0 Å². The second-order valence-electron chi connectivity index (χ2n) is 4.74. The van der Waals surface area contributed by atoms with Crippen LogP contribution in [0.4, 0.5) is 5.69 Å². The minimum atomic E-state index is -0.363. The Balaban J connectivity index is 2.06. The molecule has 98 valence electrons. The van der Waals surface area contributed by atoms with Gasteiger partial charge in [-0.15, -0.1) is 5.10 Å². The fraction of sp³-hybridized carbons (Fsp3) is 0.385. The highest BCUT2D eigenvalue weighted by Crippen LogP contribution is 2.35. The zero-order valence-corrected chi connectivity index (χ0v) is 10.7. The molecule has 0 saturated carbocycles. The van der Waals surface area contributed by atoms with E-state index < -0.39 is 0 Å². The van der Waals surface area contributed by atoms with Crippen LogP contribution in [0.2, 0.25) is 0 Å². The number of hydrogen-bond donors (Lipinski definition) is 0. The number of hydrogen-bond acceptors (Lipinski definition) is 4. The number of unbranched alkanes of at least 4 members (excludes halogenated alkanes) is 1. The summed E-state index contributed by atoms with van der Waals surface area (Å²) in [6.45, 7) is 2.78. The maximum absolute atomic E-state index is 10.9. The number of benzene rings is 1. The Hall–Kier alpha value is -2.24. The lowest BCUT2D eigenvalue weighted by atomic mass is 10.0. The van der Waals surface area contributed by atoms with Crippen molar-refractivity contribution < 1.29 is 4.92 Å². The highest BCUT2D eigenvalue weighted by Gasteiger charge is 2.25. The van der Waals surface area contributed by atoms with E-state index in [9.17, 15) is 10.1 Å². The van der Waals surface area contributed by atoms with Gasteiger partial charge in [-0.1, -0.05) is 18.6 Å². The molecule has 2 heterocycles. The van der Waals surface area contributed by atoms with Crippen LogP contribution in [0.5, 0.6) is 0 Å². The fourth-order valence-electron chi connectivity index (χ4n) is 2.46. The standard InChI is InChI=1S/C13H14N4O2/c1-2-3-4-12-13-11-7-10(17(18)19)6-5-9(11)8-16(13)15-14-12/h5-7H,2-4,8H2,1H3. The van der Waals surface area contributed by atoms with E-state index in [0.717, 1.165) is 41.8 Å². The van der Waals surface area contributed by atoms with Crippen LogP contribution in [-0.4, -0.2) is 19.9 Å². The van der Waals surface area contributed by atoms with Gasteiger partial charge in [-0.3, -0.25) is 10.1 Å². The number of aromatic nitrogens is 3. The third kappa shape index (κ3) is 1.89. The first-order chi connectivity index (χ1) is 9.20. The Morgan fingerprint density at radius 3 is 3.05 bits per heavy atom. The molecule has 0 atom stereocenters. The van der Waals surface area contributed by atoms with Gasteiger partial charge < -0.3 is 0 Å². The first-order valence-corrected chi connectivity index (χ1v) is 6.40. The topological polar surface area (TPSA) is 73.8 Å². The van der Waals surface area contributed by atoms with Crippen LogP contribution in [0.25, 0.3) is 11.3 Å². The van der Waals surface area contributed by atoms with Crippen molar-refractivity contribution in [3.05, 3.63) is 39.6 Å². The molecule has 0 unspecified atom stereocenters. The number of non-ortho nitro benzene ring substituents is 1. The fourth-order valence-corrected chi connectivity index (χ4v) is 2.46. The molecule has 3 rings (SSSR count). The summed E-state index contributed by atoms with van der Waals surface area (Å²) in [5.41, 5.74) is 4.00. The number of nitro groups is 1. The summed E-state index contributed by atoms with van der Waals surface area (Å²) in [5, 5.41) is 19.2. The highest BCUT2D eigenvalue weighted by atomic mass is 16.6. The van der Waals surface area contributed by atoms with E-state index in [1.807, 2.05) is 10.7 Å². The SMILES string of the molecule is CCCCc1nnn2c1-c1cc([N+](=O)[O-])ccc1C2. The first kappa shape index (κ1) is 11.8. The zero-order valence-electron chi connectivity index (χ0n) is 10.7. The van der Waals surface area contributed by atoms with Gasteiger partial charge in [0.2, 0.25) is 0 Å². The molecule has 1 aromatic heterocycles. The predicted octanol–water partition coefficient (Wildman–Crippen LogP) is 2.56. The van der Waals surface area contributed by atoms with Gasteiger partial charge in [0.1, 0.15) is 0 Å². The number of aryl methyl sites for hydroxylation is 1. The van der Waals surface area contributed by atoms with Crippen molar-refractivity contribution in [2.75, 3.05) is 0 Å². The van der Waals surface area contributed by atoms with E-state index in [0.29, 0.717) is 6.54 Å². The molecule has 0 fully saturated rings. The van der Waals surface area contributed by atoms with E-state index >= 15 is 0 Å². The molecule has 0 bridgehead atoms. The molecule has 6 heteroatoms. The summed E-state index contributed by atoms with van der Waals surface area (Å²) in [5.74, 6) is 0. The van der Waals surface area contributed by atoms with E-state index in [4.69, 9.17) is 0 Å². The van der Waals surface area contributed by atoms with E-state index in [2.05, 4.69) is 17.2 Å². The van der Waals surface area contributed by atoms with Crippen molar-refractivity contribution in [3.63, 3.8) is 0 Å². The van der Waals surface area contributed by atoms with Gasteiger partial charge in [0.25, 0.3) is 5.69 Å². The second-order valence-corrected chi connectivity index (χ2v) is 4.74. The molecule has 1 aliphatic rings. The Kier molecular flexibility index (Phi) is 2.77. The number of fused-ring (bicyclic) bond motifs is 3. The first-order valence-electron chi connectivity index (χ1n) is 6.40. The van der Waals surface area contributed by atoms with E-state index in [-0.39, 0.29) is 10.6 Å². The molecule has 1 aliphatic heterocycles. The zero-order chi connectivity index (χ0) is 13.4. The summed E-state index contributed by atoms with van der Waals surface area (Å²) in [6.07, 6.45) is 3.01. The third-order valence-electron chi connectivity index (χ3n) is 3.45. The highest BCUT2D eigenvalue weighted by molar-refractivity contribution is 5.72. The minimum absolute atomic E-state index is 0.120. The van der Waals surface area contributed by atoms with Crippen LogP contribution in [0, 0.1) is 10.1 Å². The van der Waals surface area contributed by atoms with Crippen molar-refractivity contribution >= 4 is 5.69 Å². The van der Waals surface area contributed by atoms with Crippen LogP contribution in [-0.2, 0) is 13.0 Å². The van der Waals surface area contributed by atoms with Crippen molar-refractivity contribution in [2.24, 2.45) is 0 Å². The lowest BCUT2D eigenvalue weighted by molar-refractivity contribution is -0.384. The van der Waals surface area contributed by atoms with Gasteiger partial charge in [-0.05, 0) is 24.5 Å². The molecule has 6 nitrogen and oxygen atoms in total. The van der Waals surface area contributed by atoms with E-state index in [1.54, 1.807) is 12.1 Å². The van der Waals surface area contributed by atoms with Crippen LogP contribution in [0.1, 0.15) is 31.0 Å². The van der Waals surface area contributed by atoms with Gasteiger partial charge in [0.05, 0.1) is 22.9 Å². The van der Waals surface area contributed by atoms with Crippen molar-refractivity contribution in [2.45, 2.75) is 32.7 Å². The van der Waals surface area contributed by atoms with Gasteiger partial charge >= 0.3 is 0 Å². The van der Waals surface area contributed by atoms with Gasteiger partial charge in [0, 0.05) is 17.7 Å². The molecule has 19 heavy (non-hydrogen) atoms. The lowest BCUT2D eigenvalue weighted by Crippen LogP contribution is -1.95. The number of nitro benzene ring substituents is 1. The van der Waals surface area contributed by atoms with Crippen LogP contribution < -0.4 is 0 Å². The summed E-state index contributed by atoms with van der Waals surface area (Å²) in [4.78, 5) is 10.5.